The summed E-state index contributed by atoms with van der Waals surface area (Å²) in [4.78, 5) is 29.8. The molecule has 4 aromatic rings. The van der Waals surface area contributed by atoms with Crippen LogP contribution in [0.4, 0.5) is 5.69 Å². The summed E-state index contributed by atoms with van der Waals surface area (Å²) in [6, 6.07) is 22.8. The summed E-state index contributed by atoms with van der Waals surface area (Å²) in [6.45, 7) is 2.38. The number of aromatic nitrogens is 1. The second-order valence-corrected chi connectivity index (χ2v) is 8.92. The lowest BCUT2D eigenvalue weighted by Gasteiger charge is -2.18. The van der Waals surface area contributed by atoms with Gasteiger partial charge in [-0.3, -0.25) is 14.6 Å². The highest BCUT2D eigenvalue weighted by Crippen LogP contribution is 2.32. The van der Waals surface area contributed by atoms with Gasteiger partial charge in [0.2, 0.25) is 5.91 Å². The van der Waals surface area contributed by atoms with Crippen molar-refractivity contribution in [2.75, 3.05) is 5.32 Å². The molecule has 176 valence electrons. The zero-order chi connectivity index (χ0) is 24.2. The van der Waals surface area contributed by atoms with E-state index in [9.17, 15) is 9.59 Å². The van der Waals surface area contributed by atoms with E-state index >= 15 is 0 Å². The summed E-state index contributed by atoms with van der Waals surface area (Å²) < 4.78 is 5.83. The van der Waals surface area contributed by atoms with Crippen LogP contribution in [0.2, 0.25) is 0 Å². The Morgan fingerprint density at radius 2 is 1.74 bits per heavy atom. The molecule has 1 heterocycles. The fraction of sp³-hybridized carbons (Fsp3) is 0.207. The summed E-state index contributed by atoms with van der Waals surface area (Å²) in [5, 5.41) is 7.97. The van der Waals surface area contributed by atoms with Gasteiger partial charge in [0.1, 0.15) is 12.4 Å². The lowest BCUT2D eigenvalue weighted by atomic mass is 10.0. The predicted octanol–water partition coefficient (Wildman–Crippen LogP) is 5.65. The van der Waals surface area contributed by atoms with Gasteiger partial charge in [-0.15, -0.1) is 0 Å². The first kappa shape index (κ1) is 22.6. The number of hydrogen-bond donors (Lipinski definition) is 2. The summed E-state index contributed by atoms with van der Waals surface area (Å²) in [5.74, 6) is 0.543. The third kappa shape index (κ3) is 5.49. The van der Waals surface area contributed by atoms with E-state index in [1.54, 1.807) is 12.4 Å². The van der Waals surface area contributed by atoms with Gasteiger partial charge in [0, 0.05) is 23.9 Å². The van der Waals surface area contributed by atoms with Crippen LogP contribution < -0.4 is 15.4 Å². The highest BCUT2D eigenvalue weighted by Gasteiger charge is 2.30. The van der Waals surface area contributed by atoms with Crippen molar-refractivity contribution in [3.05, 3.63) is 102 Å². The van der Waals surface area contributed by atoms with E-state index in [2.05, 4.69) is 15.6 Å². The van der Waals surface area contributed by atoms with Gasteiger partial charge >= 0.3 is 0 Å². The fourth-order valence-corrected chi connectivity index (χ4v) is 3.97. The molecule has 1 atom stereocenters. The van der Waals surface area contributed by atoms with Crippen LogP contribution in [-0.4, -0.2) is 16.8 Å². The van der Waals surface area contributed by atoms with Crippen LogP contribution in [0.3, 0.4) is 0 Å². The second-order valence-electron chi connectivity index (χ2n) is 8.92. The number of benzene rings is 3. The highest BCUT2D eigenvalue weighted by atomic mass is 16.5. The van der Waals surface area contributed by atoms with E-state index in [-0.39, 0.29) is 23.8 Å². The lowest BCUT2D eigenvalue weighted by Crippen LogP contribution is -2.28. The Bertz CT molecular complexity index is 1350. The third-order valence-corrected chi connectivity index (χ3v) is 6.19. The van der Waals surface area contributed by atoms with Gasteiger partial charge in [0.25, 0.3) is 5.91 Å². The number of ether oxygens (including phenoxy) is 1. The Balaban J connectivity index is 1.29. The van der Waals surface area contributed by atoms with Crippen molar-refractivity contribution in [2.24, 2.45) is 5.92 Å². The Morgan fingerprint density at radius 1 is 1.00 bits per heavy atom. The van der Waals surface area contributed by atoms with Crippen molar-refractivity contribution in [1.82, 2.24) is 10.3 Å². The lowest BCUT2D eigenvalue weighted by molar-refractivity contribution is -0.117. The molecule has 2 N–H and O–H groups in total. The van der Waals surface area contributed by atoms with Crippen molar-refractivity contribution in [3.8, 4) is 5.75 Å². The average molecular weight is 466 g/mol. The molecule has 6 nitrogen and oxygen atoms in total. The van der Waals surface area contributed by atoms with E-state index in [0.29, 0.717) is 17.9 Å². The zero-order valence-corrected chi connectivity index (χ0v) is 19.5. The van der Waals surface area contributed by atoms with Gasteiger partial charge in [0.05, 0.1) is 17.3 Å². The number of pyridine rings is 1. The molecule has 1 unspecified atom stereocenters. The van der Waals surface area contributed by atoms with Crippen molar-refractivity contribution >= 4 is 28.3 Å². The normalized spacial score (nSPS) is 13.7. The summed E-state index contributed by atoms with van der Waals surface area (Å²) in [6.07, 6.45) is 5.32. The largest absolute Gasteiger partial charge is 0.489 e. The van der Waals surface area contributed by atoms with Gasteiger partial charge < -0.3 is 15.4 Å². The van der Waals surface area contributed by atoms with Gasteiger partial charge in [-0.2, -0.15) is 0 Å². The highest BCUT2D eigenvalue weighted by molar-refractivity contribution is 6.08. The number of nitrogens with zero attached hydrogens (tertiary/aromatic N) is 1. The Labute approximate surface area is 204 Å². The first-order chi connectivity index (χ1) is 17.1. The van der Waals surface area contributed by atoms with E-state index in [1.165, 1.54) is 0 Å². The smallest absolute Gasteiger partial charge is 0.253 e. The Hall–Kier alpha value is -4.19. The molecule has 35 heavy (non-hydrogen) atoms. The van der Waals surface area contributed by atoms with E-state index in [1.807, 2.05) is 79.7 Å². The van der Waals surface area contributed by atoms with E-state index in [4.69, 9.17) is 4.74 Å². The Morgan fingerprint density at radius 3 is 2.43 bits per heavy atom. The molecule has 1 aromatic heterocycles. The zero-order valence-electron chi connectivity index (χ0n) is 19.5. The van der Waals surface area contributed by atoms with Crippen molar-refractivity contribution in [2.45, 2.75) is 32.4 Å². The quantitative estimate of drug-likeness (QED) is 0.352. The predicted molar refractivity (Wildman–Crippen MR) is 136 cm³/mol. The molecule has 0 bridgehead atoms. The van der Waals surface area contributed by atoms with Crippen molar-refractivity contribution in [3.63, 3.8) is 0 Å². The number of nitrogens with one attached hydrogen (secondary N) is 2. The van der Waals surface area contributed by atoms with Gasteiger partial charge in [0.15, 0.2) is 0 Å². The van der Waals surface area contributed by atoms with Crippen LogP contribution in [0, 0.1) is 5.92 Å². The van der Waals surface area contributed by atoms with Crippen LogP contribution in [0.15, 0.2) is 85.2 Å². The van der Waals surface area contributed by atoms with Crippen molar-refractivity contribution in [1.29, 1.82) is 0 Å². The number of rotatable bonds is 8. The molecule has 0 spiro atoms. The third-order valence-electron chi connectivity index (χ3n) is 6.19. The molecule has 1 saturated carbocycles. The summed E-state index contributed by atoms with van der Waals surface area (Å²) in [7, 11) is 0. The maximum Gasteiger partial charge on any atom is 0.253 e. The van der Waals surface area contributed by atoms with Crippen LogP contribution in [0.25, 0.3) is 10.8 Å². The van der Waals surface area contributed by atoms with Gasteiger partial charge in [-0.25, -0.2) is 0 Å². The van der Waals surface area contributed by atoms with E-state index in [0.717, 1.165) is 40.5 Å². The first-order valence-corrected chi connectivity index (χ1v) is 11.8. The molecular weight excluding hydrogens is 438 g/mol. The number of carbonyl (C=O) groups excluding carboxylic acids is 2. The monoisotopic (exact) mass is 465 g/mol. The minimum absolute atomic E-state index is 0.0238. The van der Waals surface area contributed by atoms with Gasteiger partial charge in [-0.1, -0.05) is 42.5 Å². The van der Waals surface area contributed by atoms with Gasteiger partial charge in [-0.05, 0) is 66.4 Å². The SMILES string of the molecule is CC(NC(=O)c1cc2ccccc2cc1NC(=O)C1CC1)c1ccc(OCc2cccnc2)cc1. The minimum atomic E-state index is -0.230. The molecule has 1 fully saturated rings. The van der Waals surface area contributed by atoms with Crippen LogP contribution >= 0.6 is 0 Å². The number of carbonyl (C=O) groups is 2. The van der Waals surface area contributed by atoms with Crippen LogP contribution in [0.1, 0.15) is 47.3 Å². The van der Waals surface area contributed by atoms with Crippen molar-refractivity contribution < 1.29 is 14.3 Å². The first-order valence-electron chi connectivity index (χ1n) is 11.8. The summed E-state index contributed by atoms with van der Waals surface area (Å²) in [5.41, 5.74) is 2.96. The fourth-order valence-electron chi connectivity index (χ4n) is 3.97. The minimum Gasteiger partial charge on any atom is -0.489 e. The molecule has 0 aliphatic heterocycles. The summed E-state index contributed by atoms with van der Waals surface area (Å²) >= 11 is 0. The number of amides is 2. The molecule has 3 aromatic carbocycles. The molecule has 0 saturated heterocycles. The molecule has 0 radical (unpaired) electrons. The number of fused-ring (bicyclic) bond motifs is 1. The molecule has 1 aliphatic rings. The maximum absolute atomic E-state index is 13.3. The molecule has 6 heteroatoms. The molecule has 5 rings (SSSR count). The van der Waals surface area contributed by atoms with Crippen LogP contribution in [0.5, 0.6) is 5.75 Å². The number of anilines is 1. The standard InChI is InChI=1S/C29H27N3O3/c1-19(21-10-12-25(13-11-21)35-18-20-5-4-14-30-17-20)31-29(34)26-15-23-6-2-3-7-24(23)16-27(26)32-28(33)22-8-9-22/h2-7,10-17,19,22H,8-9,18H2,1H3,(H,31,34)(H,32,33). The molecule has 2 amide bonds. The van der Waals surface area contributed by atoms with Crippen LogP contribution in [-0.2, 0) is 11.4 Å². The maximum atomic E-state index is 13.3. The number of hydrogen-bond acceptors (Lipinski definition) is 4. The topological polar surface area (TPSA) is 80.3 Å². The Kier molecular flexibility index (Phi) is 6.44. The molecular formula is C29H27N3O3. The average Bonchev–Trinajstić information content (AvgIpc) is 3.74. The second kappa shape index (κ2) is 9.97. The molecule has 1 aliphatic carbocycles. The van der Waals surface area contributed by atoms with E-state index < -0.39 is 0 Å².